The molecule has 0 bridgehead atoms. The largest absolute Gasteiger partial charge is 0.497 e. The highest BCUT2D eigenvalue weighted by Crippen LogP contribution is 2.20. The quantitative estimate of drug-likeness (QED) is 0.486. The fourth-order valence-corrected chi connectivity index (χ4v) is 3.33. The number of benzene rings is 2. The van der Waals surface area contributed by atoms with Gasteiger partial charge >= 0.3 is 0 Å². The van der Waals surface area contributed by atoms with Crippen LogP contribution in [0.15, 0.2) is 58.2 Å². The molecule has 3 rings (SSSR count). The third-order valence-electron chi connectivity index (χ3n) is 4.35. The smallest absolute Gasteiger partial charge is 0.277 e. The number of carbonyl (C=O) groups excluding carboxylic acids is 1. The van der Waals surface area contributed by atoms with Gasteiger partial charge in [0.2, 0.25) is 11.8 Å². The summed E-state index contributed by atoms with van der Waals surface area (Å²) in [5, 5.41) is 11.3. The summed E-state index contributed by atoms with van der Waals surface area (Å²) < 4.78 is 10.8. The van der Waals surface area contributed by atoms with Gasteiger partial charge in [-0.1, -0.05) is 49.4 Å². The van der Waals surface area contributed by atoms with Gasteiger partial charge in [-0.3, -0.25) is 4.79 Å². The first-order valence-corrected chi connectivity index (χ1v) is 10.6. The van der Waals surface area contributed by atoms with Gasteiger partial charge in [0.1, 0.15) is 5.75 Å². The van der Waals surface area contributed by atoms with Gasteiger partial charge < -0.3 is 14.5 Å². The molecule has 29 heavy (non-hydrogen) atoms. The van der Waals surface area contributed by atoms with Crippen molar-refractivity contribution >= 4 is 23.4 Å². The molecule has 0 radical (unpaired) electrons. The van der Waals surface area contributed by atoms with Gasteiger partial charge in [-0.2, -0.15) is 0 Å². The molecule has 6 nitrogen and oxygen atoms in total. The van der Waals surface area contributed by atoms with E-state index in [1.807, 2.05) is 36.4 Å². The summed E-state index contributed by atoms with van der Waals surface area (Å²) >= 11 is 1.23. The number of ether oxygens (including phenoxy) is 1. The number of amides is 1. The first-order valence-electron chi connectivity index (χ1n) is 9.63. The van der Waals surface area contributed by atoms with Crippen molar-refractivity contribution in [1.29, 1.82) is 0 Å². The lowest BCUT2D eigenvalue weighted by molar-refractivity contribution is -0.113. The number of unbranched alkanes of at least 4 members (excludes halogenated alkanes) is 1. The second-order valence-corrected chi connectivity index (χ2v) is 7.55. The van der Waals surface area contributed by atoms with Gasteiger partial charge in [-0.15, -0.1) is 10.2 Å². The van der Waals surface area contributed by atoms with Gasteiger partial charge in [-0.05, 0) is 48.2 Å². The predicted octanol–water partition coefficient (Wildman–Crippen LogP) is 4.74. The van der Waals surface area contributed by atoms with Crippen LogP contribution in [0, 0.1) is 0 Å². The van der Waals surface area contributed by atoms with E-state index in [4.69, 9.17) is 9.15 Å². The summed E-state index contributed by atoms with van der Waals surface area (Å²) in [6, 6.07) is 15.7. The molecule has 0 unspecified atom stereocenters. The molecular weight excluding hydrogens is 386 g/mol. The van der Waals surface area contributed by atoms with E-state index in [1.165, 1.54) is 30.2 Å². The molecule has 1 aromatic heterocycles. The van der Waals surface area contributed by atoms with Crippen molar-refractivity contribution in [2.45, 2.75) is 37.8 Å². The molecule has 152 valence electrons. The van der Waals surface area contributed by atoms with Crippen LogP contribution in [0.2, 0.25) is 0 Å². The summed E-state index contributed by atoms with van der Waals surface area (Å²) in [5.41, 5.74) is 3.13. The molecule has 7 heteroatoms. The van der Waals surface area contributed by atoms with Crippen molar-refractivity contribution < 1.29 is 13.9 Å². The Morgan fingerprint density at radius 1 is 1.07 bits per heavy atom. The Morgan fingerprint density at radius 2 is 1.79 bits per heavy atom. The highest BCUT2D eigenvalue weighted by atomic mass is 32.2. The van der Waals surface area contributed by atoms with Gasteiger partial charge in [-0.25, -0.2) is 0 Å². The summed E-state index contributed by atoms with van der Waals surface area (Å²) in [5.74, 6) is 1.42. The van der Waals surface area contributed by atoms with E-state index >= 15 is 0 Å². The molecule has 3 aromatic rings. The van der Waals surface area contributed by atoms with Gasteiger partial charge in [0.05, 0.1) is 19.3 Å². The number of aromatic nitrogens is 2. The summed E-state index contributed by atoms with van der Waals surface area (Å²) in [7, 11) is 1.63. The highest BCUT2D eigenvalue weighted by molar-refractivity contribution is 7.99. The van der Waals surface area contributed by atoms with Crippen molar-refractivity contribution in [3.63, 3.8) is 0 Å². The van der Waals surface area contributed by atoms with E-state index in [-0.39, 0.29) is 11.7 Å². The Hall–Kier alpha value is -2.80. The molecule has 0 aliphatic carbocycles. The lowest BCUT2D eigenvalue weighted by Gasteiger charge is -2.05. The number of methoxy groups -OCH3 is 1. The maximum atomic E-state index is 12.2. The topological polar surface area (TPSA) is 77.2 Å². The van der Waals surface area contributed by atoms with Crippen molar-refractivity contribution in [3.8, 4) is 5.75 Å². The monoisotopic (exact) mass is 411 g/mol. The van der Waals surface area contributed by atoms with E-state index in [0.29, 0.717) is 17.5 Å². The van der Waals surface area contributed by atoms with Crippen LogP contribution in [-0.4, -0.2) is 29.0 Å². The number of anilines is 1. The second kappa shape index (κ2) is 10.7. The first-order chi connectivity index (χ1) is 14.2. The third-order valence-corrected chi connectivity index (χ3v) is 5.16. The maximum absolute atomic E-state index is 12.2. The zero-order chi connectivity index (χ0) is 20.5. The number of hydrogen-bond acceptors (Lipinski definition) is 6. The standard InChI is InChI=1S/C22H25N3O3S/c1-3-4-5-16-6-10-18(11-7-16)23-20(26)15-29-22-25-24-21(28-22)14-17-8-12-19(27-2)13-9-17/h6-13H,3-5,14-15H2,1-2H3,(H,23,26). The minimum absolute atomic E-state index is 0.105. The van der Waals surface area contributed by atoms with Crippen LogP contribution in [0.3, 0.4) is 0 Å². The Bertz CT molecular complexity index is 908. The third kappa shape index (κ3) is 6.64. The molecule has 2 aromatic carbocycles. The van der Waals surface area contributed by atoms with E-state index in [9.17, 15) is 4.79 Å². The second-order valence-electron chi connectivity index (χ2n) is 6.62. The molecular formula is C22H25N3O3S. The molecule has 0 fully saturated rings. The molecule has 0 saturated heterocycles. The molecule has 1 N–H and O–H groups in total. The van der Waals surface area contributed by atoms with Crippen LogP contribution >= 0.6 is 11.8 Å². The van der Waals surface area contributed by atoms with E-state index in [2.05, 4.69) is 34.6 Å². The fraction of sp³-hybridized carbons (Fsp3) is 0.318. The maximum Gasteiger partial charge on any atom is 0.277 e. The SMILES string of the molecule is CCCCc1ccc(NC(=O)CSc2nnc(Cc3ccc(OC)cc3)o2)cc1. The molecule has 1 heterocycles. The predicted molar refractivity (Wildman–Crippen MR) is 115 cm³/mol. The minimum atomic E-state index is -0.105. The number of rotatable bonds is 10. The van der Waals surface area contributed by atoms with Crippen molar-refractivity contribution in [2.75, 3.05) is 18.2 Å². The van der Waals surface area contributed by atoms with Crippen LogP contribution in [0.4, 0.5) is 5.69 Å². The Labute approximate surface area is 175 Å². The summed E-state index contributed by atoms with van der Waals surface area (Å²) in [6.07, 6.45) is 3.95. The number of nitrogens with zero attached hydrogens (tertiary/aromatic N) is 2. The zero-order valence-electron chi connectivity index (χ0n) is 16.7. The number of aryl methyl sites for hydroxylation is 1. The molecule has 0 atom stereocenters. The minimum Gasteiger partial charge on any atom is -0.497 e. The van der Waals surface area contributed by atoms with Gasteiger partial charge in [0.25, 0.3) is 5.22 Å². The van der Waals surface area contributed by atoms with Crippen LogP contribution in [-0.2, 0) is 17.6 Å². The van der Waals surface area contributed by atoms with Crippen molar-refractivity contribution in [2.24, 2.45) is 0 Å². The van der Waals surface area contributed by atoms with E-state index in [0.717, 1.165) is 23.4 Å². The zero-order valence-corrected chi connectivity index (χ0v) is 17.5. The van der Waals surface area contributed by atoms with Crippen LogP contribution in [0.1, 0.15) is 36.8 Å². The van der Waals surface area contributed by atoms with E-state index in [1.54, 1.807) is 7.11 Å². The number of carbonyl (C=O) groups is 1. The van der Waals surface area contributed by atoms with Crippen LogP contribution < -0.4 is 10.1 Å². The normalized spacial score (nSPS) is 10.7. The Morgan fingerprint density at radius 3 is 2.48 bits per heavy atom. The molecule has 0 aliphatic heterocycles. The number of thioether (sulfide) groups is 1. The Balaban J connectivity index is 1.45. The average Bonchev–Trinajstić information content (AvgIpc) is 3.19. The van der Waals surface area contributed by atoms with E-state index < -0.39 is 0 Å². The van der Waals surface area contributed by atoms with Gasteiger partial charge in [0, 0.05) is 5.69 Å². The fourth-order valence-electron chi connectivity index (χ4n) is 2.75. The van der Waals surface area contributed by atoms with Crippen molar-refractivity contribution in [1.82, 2.24) is 10.2 Å². The number of nitrogens with one attached hydrogen (secondary N) is 1. The lowest BCUT2D eigenvalue weighted by atomic mass is 10.1. The average molecular weight is 412 g/mol. The molecule has 0 saturated carbocycles. The van der Waals surface area contributed by atoms with Crippen LogP contribution in [0.5, 0.6) is 5.75 Å². The Kier molecular flexibility index (Phi) is 7.69. The lowest BCUT2D eigenvalue weighted by Crippen LogP contribution is -2.13. The molecule has 0 spiro atoms. The molecule has 0 aliphatic rings. The highest BCUT2D eigenvalue weighted by Gasteiger charge is 2.11. The van der Waals surface area contributed by atoms with Crippen LogP contribution in [0.25, 0.3) is 0 Å². The summed E-state index contributed by atoms with van der Waals surface area (Å²) in [4.78, 5) is 12.2. The molecule has 1 amide bonds. The number of hydrogen-bond donors (Lipinski definition) is 1. The summed E-state index contributed by atoms with van der Waals surface area (Å²) in [6.45, 7) is 2.18. The van der Waals surface area contributed by atoms with Gasteiger partial charge in [0.15, 0.2) is 0 Å². The first kappa shape index (κ1) is 20.9. The van der Waals surface area contributed by atoms with Crippen molar-refractivity contribution in [3.05, 3.63) is 65.5 Å².